The van der Waals surface area contributed by atoms with E-state index in [4.69, 9.17) is 16.3 Å². The number of anilines is 1. The van der Waals surface area contributed by atoms with Crippen molar-refractivity contribution in [3.63, 3.8) is 0 Å². The van der Waals surface area contributed by atoms with E-state index in [0.29, 0.717) is 17.0 Å². The van der Waals surface area contributed by atoms with Crippen LogP contribution in [0.4, 0.5) is 14.5 Å². The third kappa shape index (κ3) is 2.20. The minimum atomic E-state index is -0.561. The van der Waals surface area contributed by atoms with Gasteiger partial charge in [0.1, 0.15) is 23.5 Å². The molecule has 1 N–H and O–H groups in total. The van der Waals surface area contributed by atoms with E-state index in [1.807, 2.05) is 6.92 Å². The van der Waals surface area contributed by atoms with Gasteiger partial charge in [0.25, 0.3) is 0 Å². The Morgan fingerprint density at radius 1 is 1.15 bits per heavy atom. The number of hydrogen-bond acceptors (Lipinski definition) is 2. The van der Waals surface area contributed by atoms with Crippen LogP contribution in [-0.4, -0.2) is 6.04 Å². The standard InChI is InChI=1S/C15H12ClF2NO/c1-8-15(9-4-2-3-5-11(9)17)20-14-7-12(18)10(16)6-13(14)19-8/h2-8,15,19H,1H3. The second-order valence-corrected chi connectivity index (χ2v) is 5.16. The molecule has 5 heteroatoms. The maximum atomic E-state index is 13.9. The average Bonchev–Trinajstić information content (AvgIpc) is 2.41. The first-order chi connectivity index (χ1) is 9.56. The molecule has 20 heavy (non-hydrogen) atoms. The molecule has 2 atom stereocenters. The fourth-order valence-corrected chi connectivity index (χ4v) is 2.50. The van der Waals surface area contributed by atoms with Gasteiger partial charge in [-0.25, -0.2) is 8.78 Å². The van der Waals surface area contributed by atoms with Gasteiger partial charge >= 0.3 is 0 Å². The number of hydrogen-bond donors (Lipinski definition) is 1. The molecule has 1 heterocycles. The van der Waals surface area contributed by atoms with Crippen LogP contribution in [0.15, 0.2) is 36.4 Å². The molecular weight excluding hydrogens is 284 g/mol. The van der Waals surface area contributed by atoms with Crippen molar-refractivity contribution in [1.82, 2.24) is 0 Å². The van der Waals surface area contributed by atoms with Gasteiger partial charge in [-0.05, 0) is 19.1 Å². The molecule has 3 rings (SSSR count). The van der Waals surface area contributed by atoms with Crippen molar-refractivity contribution in [2.75, 3.05) is 5.32 Å². The van der Waals surface area contributed by atoms with Crippen molar-refractivity contribution < 1.29 is 13.5 Å². The zero-order valence-corrected chi connectivity index (χ0v) is 11.4. The van der Waals surface area contributed by atoms with Crippen molar-refractivity contribution in [1.29, 1.82) is 0 Å². The summed E-state index contributed by atoms with van der Waals surface area (Å²) in [6, 6.07) is 8.92. The van der Waals surface area contributed by atoms with Crippen molar-refractivity contribution >= 4 is 17.3 Å². The van der Waals surface area contributed by atoms with E-state index < -0.39 is 11.9 Å². The van der Waals surface area contributed by atoms with Crippen molar-refractivity contribution in [3.05, 3.63) is 58.6 Å². The zero-order chi connectivity index (χ0) is 14.3. The fourth-order valence-electron chi connectivity index (χ4n) is 2.34. The molecule has 0 radical (unpaired) electrons. The molecule has 0 aromatic heterocycles. The molecular formula is C15H12ClF2NO. The smallest absolute Gasteiger partial charge is 0.146 e. The van der Waals surface area contributed by atoms with Crippen LogP contribution < -0.4 is 10.1 Å². The van der Waals surface area contributed by atoms with Crippen molar-refractivity contribution in [2.45, 2.75) is 19.1 Å². The van der Waals surface area contributed by atoms with Crippen LogP contribution >= 0.6 is 11.6 Å². The molecule has 2 nitrogen and oxygen atoms in total. The first-order valence-electron chi connectivity index (χ1n) is 6.23. The number of benzene rings is 2. The van der Waals surface area contributed by atoms with E-state index in [9.17, 15) is 8.78 Å². The van der Waals surface area contributed by atoms with Gasteiger partial charge in [0.05, 0.1) is 16.8 Å². The van der Waals surface area contributed by atoms with E-state index in [0.717, 1.165) is 0 Å². The summed E-state index contributed by atoms with van der Waals surface area (Å²) in [5.41, 5.74) is 1.05. The van der Waals surface area contributed by atoms with E-state index in [1.165, 1.54) is 18.2 Å². The highest BCUT2D eigenvalue weighted by molar-refractivity contribution is 6.31. The Kier molecular flexibility index (Phi) is 3.26. The van der Waals surface area contributed by atoms with Gasteiger partial charge in [-0.1, -0.05) is 29.8 Å². The number of rotatable bonds is 1. The summed E-state index contributed by atoms with van der Waals surface area (Å²) < 4.78 is 33.1. The zero-order valence-electron chi connectivity index (χ0n) is 10.7. The molecule has 2 aromatic carbocycles. The molecule has 0 saturated heterocycles. The number of ether oxygens (including phenoxy) is 1. The Labute approximate surface area is 120 Å². The van der Waals surface area contributed by atoms with Crippen LogP contribution in [0, 0.1) is 11.6 Å². The Bertz CT molecular complexity index is 662. The van der Waals surface area contributed by atoms with Crippen LogP contribution in [-0.2, 0) is 0 Å². The minimum absolute atomic E-state index is 0.0244. The first kappa shape index (κ1) is 13.2. The van der Waals surface area contributed by atoms with E-state index >= 15 is 0 Å². The molecule has 1 aliphatic heterocycles. The molecule has 2 aromatic rings. The lowest BCUT2D eigenvalue weighted by Gasteiger charge is -2.33. The Morgan fingerprint density at radius 3 is 2.65 bits per heavy atom. The molecule has 104 valence electrons. The largest absolute Gasteiger partial charge is 0.481 e. The van der Waals surface area contributed by atoms with Gasteiger partial charge in [-0.2, -0.15) is 0 Å². The third-order valence-corrected chi connectivity index (χ3v) is 3.62. The molecule has 0 bridgehead atoms. The van der Waals surface area contributed by atoms with Gasteiger partial charge in [0.2, 0.25) is 0 Å². The number of fused-ring (bicyclic) bond motifs is 1. The van der Waals surface area contributed by atoms with Crippen LogP contribution in [0.1, 0.15) is 18.6 Å². The highest BCUT2D eigenvalue weighted by Gasteiger charge is 2.30. The lowest BCUT2D eigenvalue weighted by Crippen LogP contribution is -2.33. The number of halogens is 3. The summed E-state index contributed by atoms with van der Waals surface area (Å²) in [4.78, 5) is 0. The van der Waals surface area contributed by atoms with E-state index in [-0.39, 0.29) is 16.9 Å². The third-order valence-electron chi connectivity index (χ3n) is 3.33. The summed E-state index contributed by atoms with van der Waals surface area (Å²) in [6.45, 7) is 1.87. The average molecular weight is 296 g/mol. The number of nitrogens with one attached hydrogen (secondary N) is 1. The van der Waals surface area contributed by atoms with E-state index in [1.54, 1.807) is 18.2 Å². The quantitative estimate of drug-likeness (QED) is 0.833. The van der Waals surface area contributed by atoms with Crippen LogP contribution in [0.5, 0.6) is 5.75 Å². The Morgan fingerprint density at radius 2 is 1.90 bits per heavy atom. The second kappa shape index (κ2) is 4.94. The first-order valence-corrected chi connectivity index (χ1v) is 6.60. The normalized spacial score (nSPS) is 20.8. The topological polar surface area (TPSA) is 21.3 Å². The van der Waals surface area contributed by atoms with Crippen LogP contribution in [0.3, 0.4) is 0 Å². The summed E-state index contributed by atoms with van der Waals surface area (Å²) in [6.07, 6.45) is -0.524. The minimum Gasteiger partial charge on any atom is -0.481 e. The highest BCUT2D eigenvalue weighted by atomic mass is 35.5. The Balaban J connectivity index is 2.01. The fraction of sp³-hybridized carbons (Fsp3) is 0.200. The molecule has 0 spiro atoms. The summed E-state index contributed by atoms with van der Waals surface area (Å²) in [7, 11) is 0. The summed E-state index contributed by atoms with van der Waals surface area (Å²) in [5, 5.41) is 3.19. The second-order valence-electron chi connectivity index (χ2n) is 4.76. The van der Waals surface area contributed by atoms with Gasteiger partial charge in [0.15, 0.2) is 0 Å². The van der Waals surface area contributed by atoms with Gasteiger partial charge < -0.3 is 10.1 Å². The predicted octanol–water partition coefficient (Wildman–Crippen LogP) is 4.55. The molecule has 0 fully saturated rings. The summed E-state index contributed by atoms with van der Waals surface area (Å²) in [5.74, 6) is -0.573. The molecule has 0 amide bonds. The lowest BCUT2D eigenvalue weighted by molar-refractivity contribution is 0.172. The molecule has 2 unspecified atom stereocenters. The maximum absolute atomic E-state index is 13.9. The maximum Gasteiger partial charge on any atom is 0.146 e. The molecule has 0 aliphatic carbocycles. The molecule has 1 aliphatic rings. The highest BCUT2D eigenvalue weighted by Crippen LogP contribution is 2.40. The van der Waals surface area contributed by atoms with E-state index in [2.05, 4.69) is 5.32 Å². The van der Waals surface area contributed by atoms with Crippen LogP contribution in [0.2, 0.25) is 5.02 Å². The van der Waals surface area contributed by atoms with Crippen molar-refractivity contribution in [3.8, 4) is 5.75 Å². The summed E-state index contributed by atoms with van der Waals surface area (Å²) >= 11 is 5.74. The lowest BCUT2D eigenvalue weighted by atomic mass is 10.0. The predicted molar refractivity (Wildman–Crippen MR) is 74.3 cm³/mol. The monoisotopic (exact) mass is 295 g/mol. The van der Waals surface area contributed by atoms with Crippen LogP contribution in [0.25, 0.3) is 0 Å². The van der Waals surface area contributed by atoms with Gasteiger partial charge in [-0.15, -0.1) is 0 Å². The van der Waals surface area contributed by atoms with Crippen molar-refractivity contribution in [2.24, 2.45) is 0 Å². The van der Waals surface area contributed by atoms with Gasteiger partial charge in [0, 0.05) is 11.6 Å². The molecule has 0 saturated carbocycles. The SMILES string of the molecule is CC1Nc2cc(Cl)c(F)cc2OC1c1ccccc1F. The Hall–Kier alpha value is -1.81. The van der Waals surface area contributed by atoms with Gasteiger partial charge in [-0.3, -0.25) is 0 Å².